The lowest BCUT2D eigenvalue weighted by Gasteiger charge is -2.18. The third kappa shape index (κ3) is 1.21. The van der Waals surface area contributed by atoms with Gasteiger partial charge in [-0.25, -0.2) is 0 Å². The molecule has 0 bridgehead atoms. The van der Waals surface area contributed by atoms with Crippen molar-refractivity contribution in [1.29, 1.82) is 0 Å². The highest BCUT2D eigenvalue weighted by Gasteiger charge is 2.41. The average Bonchev–Trinajstić information content (AvgIpc) is 2.54. The van der Waals surface area contributed by atoms with E-state index >= 15 is 0 Å². The zero-order valence-corrected chi connectivity index (χ0v) is 6.86. The van der Waals surface area contributed by atoms with Crippen molar-refractivity contribution in [1.82, 2.24) is 5.16 Å². The largest absolute Gasteiger partial charge is 0.481 e. The van der Waals surface area contributed by atoms with Crippen LogP contribution in [0.25, 0.3) is 0 Å². The molecular formula is C8H9NO4. The monoisotopic (exact) mass is 183 g/mol. The molecule has 5 nitrogen and oxygen atoms in total. The Labute approximate surface area is 74.0 Å². The number of aliphatic carboxylic acids is 1. The van der Waals surface area contributed by atoms with Gasteiger partial charge in [-0.1, -0.05) is 5.16 Å². The Morgan fingerprint density at radius 1 is 1.77 bits per heavy atom. The highest BCUT2D eigenvalue weighted by atomic mass is 16.5. The van der Waals surface area contributed by atoms with Crippen LogP contribution < -0.4 is 0 Å². The van der Waals surface area contributed by atoms with E-state index in [1.165, 1.54) is 6.20 Å². The van der Waals surface area contributed by atoms with Gasteiger partial charge in [-0.3, -0.25) is 4.79 Å². The topological polar surface area (TPSA) is 83.6 Å². The van der Waals surface area contributed by atoms with E-state index in [2.05, 4.69) is 5.16 Å². The smallest absolute Gasteiger partial charge is 0.306 e. The highest BCUT2D eigenvalue weighted by Crippen LogP contribution is 2.39. The summed E-state index contributed by atoms with van der Waals surface area (Å²) in [4.78, 5) is 10.5. The van der Waals surface area contributed by atoms with Gasteiger partial charge in [0, 0.05) is 12.0 Å². The molecule has 2 N–H and O–H groups in total. The summed E-state index contributed by atoms with van der Waals surface area (Å²) < 4.78 is 4.85. The molecule has 0 fully saturated rings. The summed E-state index contributed by atoms with van der Waals surface area (Å²) >= 11 is 0. The third-order valence-electron chi connectivity index (χ3n) is 2.36. The third-order valence-corrected chi connectivity index (χ3v) is 2.36. The number of rotatable bonds is 2. The fourth-order valence-electron chi connectivity index (χ4n) is 1.71. The van der Waals surface area contributed by atoms with E-state index < -0.39 is 11.6 Å². The predicted molar refractivity (Wildman–Crippen MR) is 41.0 cm³/mol. The molecule has 1 heterocycles. The Hall–Kier alpha value is -1.36. The van der Waals surface area contributed by atoms with Crippen molar-refractivity contribution in [2.75, 3.05) is 0 Å². The second-order valence-electron chi connectivity index (χ2n) is 3.26. The molecule has 0 aromatic carbocycles. The Morgan fingerprint density at radius 2 is 2.54 bits per heavy atom. The van der Waals surface area contributed by atoms with Crippen LogP contribution in [0.2, 0.25) is 0 Å². The fourth-order valence-corrected chi connectivity index (χ4v) is 1.71. The van der Waals surface area contributed by atoms with E-state index in [1.54, 1.807) is 0 Å². The number of aromatic nitrogens is 1. The first-order valence-electron chi connectivity index (χ1n) is 4.00. The first-order chi connectivity index (χ1) is 6.12. The molecule has 0 radical (unpaired) electrons. The molecule has 1 atom stereocenters. The molecular weight excluding hydrogens is 174 g/mol. The molecule has 1 aliphatic carbocycles. The molecule has 0 saturated heterocycles. The van der Waals surface area contributed by atoms with Crippen molar-refractivity contribution in [2.45, 2.75) is 24.9 Å². The first kappa shape index (κ1) is 8.25. The summed E-state index contributed by atoms with van der Waals surface area (Å²) in [6, 6.07) is 0. The number of aryl methyl sites for hydroxylation is 1. The Kier molecular flexibility index (Phi) is 1.63. The van der Waals surface area contributed by atoms with Gasteiger partial charge in [0.15, 0.2) is 0 Å². The molecule has 13 heavy (non-hydrogen) atoms. The van der Waals surface area contributed by atoms with Crippen LogP contribution in [-0.2, 0) is 16.8 Å². The van der Waals surface area contributed by atoms with Crippen molar-refractivity contribution in [3.05, 3.63) is 17.5 Å². The van der Waals surface area contributed by atoms with Crippen molar-refractivity contribution < 1.29 is 19.5 Å². The predicted octanol–water partition coefficient (Wildman–Crippen LogP) is 0.283. The van der Waals surface area contributed by atoms with Gasteiger partial charge in [0.05, 0.1) is 12.6 Å². The van der Waals surface area contributed by atoms with Crippen molar-refractivity contribution >= 4 is 5.97 Å². The quantitative estimate of drug-likeness (QED) is 0.688. The lowest BCUT2D eigenvalue weighted by molar-refractivity contribution is -0.142. The molecule has 0 spiro atoms. The van der Waals surface area contributed by atoms with Gasteiger partial charge in [-0.2, -0.15) is 0 Å². The van der Waals surface area contributed by atoms with E-state index in [4.69, 9.17) is 9.63 Å². The minimum absolute atomic E-state index is 0.290. The van der Waals surface area contributed by atoms with Gasteiger partial charge < -0.3 is 14.7 Å². The average molecular weight is 183 g/mol. The molecule has 0 aliphatic heterocycles. The standard InChI is InChI=1S/C8H9NO4/c10-7(11)3-8(12)2-1-6-5(8)4-9-13-6/h4,12H,1-3H2,(H,10,11). The molecule has 2 rings (SSSR count). The van der Waals surface area contributed by atoms with Gasteiger partial charge >= 0.3 is 5.97 Å². The summed E-state index contributed by atoms with van der Waals surface area (Å²) in [6.45, 7) is 0. The lowest BCUT2D eigenvalue weighted by atomic mass is 9.95. The van der Waals surface area contributed by atoms with Gasteiger partial charge in [0.2, 0.25) is 0 Å². The van der Waals surface area contributed by atoms with Crippen LogP contribution in [-0.4, -0.2) is 21.3 Å². The van der Waals surface area contributed by atoms with E-state index in [0.29, 0.717) is 24.2 Å². The summed E-state index contributed by atoms with van der Waals surface area (Å²) in [5.74, 6) is -0.416. The molecule has 0 saturated carbocycles. The van der Waals surface area contributed by atoms with Gasteiger partial charge in [0.25, 0.3) is 0 Å². The molecule has 1 aromatic heterocycles. The minimum atomic E-state index is -1.28. The molecule has 1 unspecified atom stereocenters. The second kappa shape index (κ2) is 2.56. The lowest BCUT2D eigenvalue weighted by Crippen LogP contribution is -2.25. The Bertz CT molecular complexity index is 346. The number of aliphatic hydroxyl groups is 1. The minimum Gasteiger partial charge on any atom is -0.481 e. The van der Waals surface area contributed by atoms with Crippen LogP contribution in [0, 0.1) is 0 Å². The summed E-state index contributed by atoms with van der Waals surface area (Å²) in [5.41, 5.74) is -0.754. The number of carbonyl (C=O) groups is 1. The Morgan fingerprint density at radius 3 is 3.23 bits per heavy atom. The van der Waals surface area contributed by atoms with Gasteiger partial charge in [-0.15, -0.1) is 0 Å². The zero-order valence-electron chi connectivity index (χ0n) is 6.86. The molecule has 70 valence electrons. The maximum absolute atomic E-state index is 10.5. The maximum atomic E-state index is 10.5. The number of hydrogen-bond acceptors (Lipinski definition) is 4. The molecule has 5 heteroatoms. The van der Waals surface area contributed by atoms with E-state index in [0.717, 1.165) is 0 Å². The number of carboxylic acid groups (broad SMARTS) is 1. The van der Waals surface area contributed by atoms with E-state index in [1.807, 2.05) is 0 Å². The first-order valence-corrected chi connectivity index (χ1v) is 4.00. The van der Waals surface area contributed by atoms with Crippen molar-refractivity contribution in [2.24, 2.45) is 0 Å². The summed E-state index contributed by atoms with van der Waals surface area (Å²) in [7, 11) is 0. The van der Waals surface area contributed by atoms with E-state index in [9.17, 15) is 9.90 Å². The number of nitrogens with zero attached hydrogens (tertiary/aromatic N) is 1. The van der Waals surface area contributed by atoms with Crippen molar-refractivity contribution in [3.63, 3.8) is 0 Å². The summed E-state index contributed by atoms with van der Waals surface area (Å²) in [5, 5.41) is 22.0. The van der Waals surface area contributed by atoms with Crippen LogP contribution in [0.15, 0.2) is 10.7 Å². The fraction of sp³-hybridized carbons (Fsp3) is 0.500. The highest BCUT2D eigenvalue weighted by molar-refractivity contribution is 5.69. The zero-order chi connectivity index (χ0) is 9.47. The number of fused-ring (bicyclic) bond motifs is 1. The number of carboxylic acids is 1. The number of hydrogen-bond donors (Lipinski definition) is 2. The second-order valence-corrected chi connectivity index (χ2v) is 3.26. The van der Waals surface area contributed by atoms with Crippen LogP contribution >= 0.6 is 0 Å². The molecule has 0 amide bonds. The van der Waals surface area contributed by atoms with Gasteiger partial charge in [-0.05, 0) is 6.42 Å². The van der Waals surface area contributed by atoms with Crippen LogP contribution in [0.4, 0.5) is 0 Å². The normalized spacial score (nSPS) is 25.9. The van der Waals surface area contributed by atoms with E-state index in [-0.39, 0.29) is 6.42 Å². The summed E-state index contributed by atoms with van der Waals surface area (Å²) in [6.07, 6.45) is 2.06. The molecule has 1 aromatic rings. The van der Waals surface area contributed by atoms with Crippen molar-refractivity contribution in [3.8, 4) is 0 Å². The SMILES string of the molecule is O=C(O)CC1(O)CCc2oncc21. The van der Waals surface area contributed by atoms with Gasteiger partial charge in [0.1, 0.15) is 11.4 Å². The Balaban J connectivity index is 2.32. The maximum Gasteiger partial charge on any atom is 0.306 e. The van der Waals surface area contributed by atoms with Crippen LogP contribution in [0.1, 0.15) is 24.2 Å². The molecule has 1 aliphatic rings. The van der Waals surface area contributed by atoms with Crippen LogP contribution in [0.3, 0.4) is 0 Å². The van der Waals surface area contributed by atoms with Crippen LogP contribution in [0.5, 0.6) is 0 Å².